The Kier molecular flexibility index (Phi) is 6.16. The van der Waals surface area contributed by atoms with E-state index in [1.807, 2.05) is 0 Å². The van der Waals surface area contributed by atoms with Crippen LogP contribution in [0.2, 0.25) is 0 Å². The summed E-state index contributed by atoms with van der Waals surface area (Å²) in [5.74, 6) is -1.89. The Labute approximate surface area is 155 Å². The van der Waals surface area contributed by atoms with E-state index >= 15 is 0 Å². The van der Waals surface area contributed by atoms with Crippen molar-refractivity contribution in [3.63, 3.8) is 0 Å². The second-order valence-electron chi connectivity index (χ2n) is 6.54. The van der Waals surface area contributed by atoms with Crippen molar-refractivity contribution < 1.29 is 18.3 Å². The summed E-state index contributed by atoms with van der Waals surface area (Å²) in [5.41, 5.74) is 0.693. The van der Waals surface area contributed by atoms with Gasteiger partial charge in [-0.2, -0.15) is 0 Å². The van der Waals surface area contributed by atoms with E-state index in [4.69, 9.17) is 4.74 Å². The van der Waals surface area contributed by atoms with Crippen LogP contribution in [-0.2, 0) is 11.3 Å². The van der Waals surface area contributed by atoms with Gasteiger partial charge in [0.05, 0.1) is 12.0 Å². The van der Waals surface area contributed by atoms with E-state index in [-0.39, 0.29) is 24.4 Å². The van der Waals surface area contributed by atoms with E-state index in [1.54, 1.807) is 6.07 Å². The molecule has 144 valence electrons. The van der Waals surface area contributed by atoms with Gasteiger partial charge in [0.25, 0.3) is 11.5 Å². The molecule has 0 bridgehead atoms. The number of rotatable bonds is 7. The molecule has 0 atom stereocenters. The standard InChI is InChI=1S/C19H21F2N3O3/c20-14-5-6-17(15(21)9-14)27-11-18(25)22-7-8-24-12-23-16(10-19(24)26)13-3-1-2-4-13/h5-6,9-10,12-13H,1-4,7-8,11H2,(H,22,25). The van der Waals surface area contributed by atoms with Gasteiger partial charge in [-0.05, 0) is 25.0 Å². The lowest BCUT2D eigenvalue weighted by Gasteiger charge is -2.11. The predicted octanol–water partition coefficient (Wildman–Crippen LogP) is 2.37. The first-order valence-corrected chi connectivity index (χ1v) is 8.94. The molecule has 2 aromatic rings. The summed E-state index contributed by atoms with van der Waals surface area (Å²) in [7, 11) is 0. The van der Waals surface area contributed by atoms with Crippen LogP contribution < -0.4 is 15.6 Å². The maximum absolute atomic E-state index is 13.4. The molecule has 1 aliphatic carbocycles. The third kappa shape index (κ3) is 5.12. The summed E-state index contributed by atoms with van der Waals surface area (Å²) in [6, 6.07) is 4.42. The summed E-state index contributed by atoms with van der Waals surface area (Å²) < 4.78 is 32.7. The van der Waals surface area contributed by atoms with Crippen molar-refractivity contribution >= 4 is 5.91 Å². The maximum Gasteiger partial charge on any atom is 0.258 e. The Balaban J connectivity index is 1.45. The first-order valence-electron chi connectivity index (χ1n) is 8.94. The highest BCUT2D eigenvalue weighted by molar-refractivity contribution is 5.77. The lowest BCUT2D eigenvalue weighted by Crippen LogP contribution is -2.34. The van der Waals surface area contributed by atoms with Gasteiger partial charge in [0.15, 0.2) is 18.2 Å². The van der Waals surface area contributed by atoms with Crippen molar-refractivity contribution in [3.8, 4) is 5.75 Å². The number of hydrogen-bond acceptors (Lipinski definition) is 4. The highest BCUT2D eigenvalue weighted by atomic mass is 19.1. The number of benzene rings is 1. The van der Waals surface area contributed by atoms with Crippen LogP contribution in [0.5, 0.6) is 5.75 Å². The third-order valence-corrected chi connectivity index (χ3v) is 4.60. The number of aromatic nitrogens is 2. The molecule has 6 nitrogen and oxygen atoms in total. The van der Waals surface area contributed by atoms with Crippen LogP contribution in [0.15, 0.2) is 35.4 Å². The average molecular weight is 377 g/mol. The minimum Gasteiger partial charge on any atom is -0.481 e. The number of carbonyl (C=O) groups is 1. The average Bonchev–Trinajstić information content (AvgIpc) is 3.17. The predicted molar refractivity (Wildman–Crippen MR) is 94.6 cm³/mol. The molecule has 0 spiro atoms. The molecule has 0 radical (unpaired) electrons. The zero-order valence-corrected chi connectivity index (χ0v) is 14.8. The van der Waals surface area contributed by atoms with Crippen LogP contribution in [-0.4, -0.2) is 28.6 Å². The topological polar surface area (TPSA) is 73.2 Å². The number of nitrogens with zero attached hydrogens (tertiary/aromatic N) is 2. The lowest BCUT2D eigenvalue weighted by atomic mass is 10.0. The quantitative estimate of drug-likeness (QED) is 0.804. The zero-order valence-electron chi connectivity index (χ0n) is 14.8. The van der Waals surface area contributed by atoms with Crippen molar-refractivity contribution in [1.29, 1.82) is 0 Å². The SMILES string of the molecule is O=C(COc1ccc(F)cc1F)NCCn1cnc(C2CCCC2)cc1=O. The van der Waals surface area contributed by atoms with E-state index in [1.165, 1.54) is 23.7 Å². The van der Waals surface area contributed by atoms with E-state index in [9.17, 15) is 18.4 Å². The molecule has 0 saturated heterocycles. The van der Waals surface area contributed by atoms with E-state index < -0.39 is 24.1 Å². The summed E-state index contributed by atoms with van der Waals surface area (Å²) in [6.45, 7) is 0.0716. The number of halogens is 2. The van der Waals surface area contributed by atoms with Crippen molar-refractivity contribution in [2.75, 3.05) is 13.2 Å². The molecule has 1 aliphatic rings. The van der Waals surface area contributed by atoms with Gasteiger partial charge in [0.2, 0.25) is 0 Å². The van der Waals surface area contributed by atoms with Crippen LogP contribution >= 0.6 is 0 Å². The number of nitrogens with one attached hydrogen (secondary N) is 1. The molecule has 3 rings (SSSR count). The lowest BCUT2D eigenvalue weighted by molar-refractivity contribution is -0.123. The van der Waals surface area contributed by atoms with Gasteiger partial charge in [-0.15, -0.1) is 0 Å². The molecule has 1 saturated carbocycles. The Morgan fingerprint density at radius 3 is 2.74 bits per heavy atom. The monoisotopic (exact) mass is 377 g/mol. The summed E-state index contributed by atoms with van der Waals surface area (Å²) >= 11 is 0. The van der Waals surface area contributed by atoms with Crippen molar-refractivity contribution in [2.24, 2.45) is 0 Å². The first-order chi connectivity index (χ1) is 13.0. The number of carbonyl (C=O) groups excluding carboxylic acids is 1. The molecule has 27 heavy (non-hydrogen) atoms. The molecule has 1 aromatic heterocycles. The molecule has 1 heterocycles. The smallest absolute Gasteiger partial charge is 0.258 e. The molecule has 0 unspecified atom stereocenters. The summed E-state index contributed by atoms with van der Waals surface area (Å²) in [6.07, 6.45) is 5.99. The zero-order chi connectivity index (χ0) is 19.2. The van der Waals surface area contributed by atoms with Crippen molar-refractivity contribution in [3.05, 3.63) is 58.3 Å². The molecule has 1 N–H and O–H groups in total. The minimum atomic E-state index is -0.872. The third-order valence-electron chi connectivity index (χ3n) is 4.60. The highest BCUT2D eigenvalue weighted by Crippen LogP contribution is 2.32. The summed E-state index contributed by atoms with van der Waals surface area (Å²) in [4.78, 5) is 28.3. The molecule has 8 heteroatoms. The molecule has 1 aromatic carbocycles. The summed E-state index contributed by atoms with van der Waals surface area (Å²) in [5, 5.41) is 2.58. The Morgan fingerprint density at radius 2 is 2.04 bits per heavy atom. The minimum absolute atomic E-state index is 0.147. The first kappa shape index (κ1) is 19.0. The Hall–Kier alpha value is -2.77. The van der Waals surface area contributed by atoms with Gasteiger partial charge in [-0.1, -0.05) is 12.8 Å². The van der Waals surface area contributed by atoms with Crippen molar-refractivity contribution in [1.82, 2.24) is 14.9 Å². The molecule has 1 amide bonds. The van der Waals surface area contributed by atoms with Gasteiger partial charge in [-0.3, -0.25) is 14.2 Å². The molecular formula is C19H21F2N3O3. The van der Waals surface area contributed by atoms with Gasteiger partial charge in [0, 0.05) is 31.1 Å². The van der Waals surface area contributed by atoms with Gasteiger partial charge < -0.3 is 10.1 Å². The van der Waals surface area contributed by atoms with Crippen LogP contribution in [0.1, 0.15) is 37.3 Å². The van der Waals surface area contributed by atoms with Crippen LogP contribution in [0.4, 0.5) is 8.78 Å². The highest BCUT2D eigenvalue weighted by Gasteiger charge is 2.18. The molecule has 0 aliphatic heterocycles. The van der Waals surface area contributed by atoms with Crippen LogP contribution in [0, 0.1) is 11.6 Å². The second kappa shape index (κ2) is 8.75. The number of amides is 1. The molecule has 1 fully saturated rings. The number of ether oxygens (including phenoxy) is 1. The van der Waals surface area contributed by atoms with Gasteiger partial charge in [0.1, 0.15) is 5.82 Å². The van der Waals surface area contributed by atoms with E-state index in [0.717, 1.165) is 30.7 Å². The Bertz CT molecular complexity index is 864. The van der Waals surface area contributed by atoms with E-state index in [0.29, 0.717) is 12.0 Å². The van der Waals surface area contributed by atoms with E-state index in [2.05, 4.69) is 10.3 Å². The van der Waals surface area contributed by atoms with Crippen LogP contribution in [0.3, 0.4) is 0 Å². The maximum atomic E-state index is 13.4. The number of hydrogen-bond donors (Lipinski definition) is 1. The van der Waals surface area contributed by atoms with Crippen LogP contribution in [0.25, 0.3) is 0 Å². The second-order valence-corrected chi connectivity index (χ2v) is 6.54. The fourth-order valence-electron chi connectivity index (χ4n) is 3.16. The normalized spacial score (nSPS) is 14.3. The van der Waals surface area contributed by atoms with Gasteiger partial charge in [-0.25, -0.2) is 13.8 Å². The van der Waals surface area contributed by atoms with Gasteiger partial charge >= 0.3 is 0 Å². The fourth-order valence-corrected chi connectivity index (χ4v) is 3.16. The van der Waals surface area contributed by atoms with Crippen molar-refractivity contribution in [2.45, 2.75) is 38.1 Å². The Morgan fingerprint density at radius 1 is 1.26 bits per heavy atom. The molecular weight excluding hydrogens is 356 g/mol. The largest absolute Gasteiger partial charge is 0.481 e. The fraction of sp³-hybridized carbons (Fsp3) is 0.421.